The Labute approximate surface area is 123 Å². The van der Waals surface area contributed by atoms with Gasteiger partial charge in [0.05, 0.1) is 44.0 Å². The van der Waals surface area contributed by atoms with E-state index >= 15 is 0 Å². The number of aliphatic hydroxyl groups excluding tert-OH is 2. The molecule has 0 heterocycles. The Bertz CT molecular complexity index is 186. The molecule has 110 valence electrons. The molecule has 0 rings (SSSR count). The summed E-state index contributed by atoms with van der Waals surface area (Å²) in [4.78, 5) is 0. The summed E-state index contributed by atoms with van der Waals surface area (Å²) in [5.74, 6) is 0.731. The molecular formula is C11H21Cl3O4. The Kier molecular flexibility index (Phi) is 13.2. The second-order valence-corrected chi connectivity index (χ2v) is 4.84. The molecule has 0 radical (unpaired) electrons. The minimum Gasteiger partial charge on any atom is -0.392 e. The summed E-state index contributed by atoms with van der Waals surface area (Å²) in [5.41, 5.74) is 0. The van der Waals surface area contributed by atoms with Gasteiger partial charge in [-0.15, -0.1) is 34.8 Å². The Morgan fingerprint density at radius 2 is 1.50 bits per heavy atom. The van der Waals surface area contributed by atoms with Gasteiger partial charge in [0.1, 0.15) is 0 Å². The summed E-state index contributed by atoms with van der Waals surface area (Å²) in [6.07, 6.45) is -0.0643. The van der Waals surface area contributed by atoms with Crippen LogP contribution < -0.4 is 0 Å². The van der Waals surface area contributed by atoms with Gasteiger partial charge in [-0.2, -0.15) is 0 Å². The van der Waals surface area contributed by atoms with E-state index in [1.165, 1.54) is 0 Å². The molecule has 4 nitrogen and oxygen atoms in total. The van der Waals surface area contributed by atoms with Crippen molar-refractivity contribution in [3.05, 3.63) is 0 Å². The summed E-state index contributed by atoms with van der Waals surface area (Å²) in [6, 6.07) is 0. The molecule has 3 atom stereocenters. The first kappa shape index (κ1) is 18.7. The first-order valence-electron chi connectivity index (χ1n) is 5.87. The number of ether oxygens (including phenoxy) is 2. The minimum atomic E-state index is -0.644. The molecule has 0 saturated heterocycles. The molecular weight excluding hydrogens is 302 g/mol. The van der Waals surface area contributed by atoms with Crippen LogP contribution in [0.3, 0.4) is 0 Å². The lowest BCUT2D eigenvalue weighted by Crippen LogP contribution is -2.23. The number of hydrogen-bond acceptors (Lipinski definition) is 4. The average Bonchev–Trinajstić information content (AvgIpc) is 2.40. The third-order valence-electron chi connectivity index (χ3n) is 2.24. The molecule has 0 saturated carbocycles. The number of halogens is 3. The van der Waals surface area contributed by atoms with Crippen molar-refractivity contribution >= 4 is 34.8 Å². The molecule has 0 bridgehead atoms. The van der Waals surface area contributed by atoms with Crippen LogP contribution in [0.15, 0.2) is 0 Å². The van der Waals surface area contributed by atoms with Crippen molar-refractivity contribution < 1.29 is 19.7 Å². The zero-order valence-electron chi connectivity index (χ0n) is 10.2. The summed E-state index contributed by atoms with van der Waals surface area (Å²) in [7, 11) is 0. The fourth-order valence-electron chi connectivity index (χ4n) is 1.20. The highest BCUT2D eigenvalue weighted by Crippen LogP contribution is 2.08. The fraction of sp³-hybridized carbons (Fsp3) is 1.00. The van der Waals surface area contributed by atoms with E-state index in [1.807, 2.05) is 0 Å². The second-order valence-electron chi connectivity index (χ2n) is 3.92. The molecule has 0 aliphatic rings. The molecule has 18 heavy (non-hydrogen) atoms. The van der Waals surface area contributed by atoms with Crippen LogP contribution in [0.2, 0.25) is 0 Å². The molecule has 2 N–H and O–H groups in total. The Morgan fingerprint density at radius 1 is 0.833 bits per heavy atom. The van der Waals surface area contributed by atoms with Gasteiger partial charge >= 0.3 is 0 Å². The van der Waals surface area contributed by atoms with Gasteiger partial charge in [0.2, 0.25) is 0 Å². The third-order valence-corrected chi connectivity index (χ3v) is 3.30. The van der Waals surface area contributed by atoms with Gasteiger partial charge in [0, 0.05) is 11.8 Å². The van der Waals surface area contributed by atoms with Gasteiger partial charge in [-0.25, -0.2) is 0 Å². The van der Waals surface area contributed by atoms with Crippen molar-refractivity contribution in [1.82, 2.24) is 0 Å². The molecule has 0 aliphatic heterocycles. The van der Waals surface area contributed by atoms with Crippen LogP contribution in [0.25, 0.3) is 0 Å². The van der Waals surface area contributed by atoms with E-state index < -0.39 is 12.2 Å². The largest absolute Gasteiger partial charge is 0.392 e. The van der Waals surface area contributed by atoms with E-state index in [0.717, 1.165) is 0 Å². The lowest BCUT2D eigenvalue weighted by atomic mass is 10.1. The quantitative estimate of drug-likeness (QED) is 0.423. The van der Waals surface area contributed by atoms with Crippen LogP contribution in [-0.4, -0.2) is 66.0 Å². The zero-order chi connectivity index (χ0) is 13.8. The maximum atomic E-state index is 9.30. The van der Waals surface area contributed by atoms with Gasteiger partial charge in [-0.3, -0.25) is 0 Å². The van der Waals surface area contributed by atoms with E-state index in [4.69, 9.17) is 49.4 Å². The number of aliphatic hydroxyl groups is 2. The lowest BCUT2D eigenvalue weighted by molar-refractivity contribution is -0.0138. The monoisotopic (exact) mass is 322 g/mol. The van der Waals surface area contributed by atoms with Crippen LogP contribution in [0.5, 0.6) is 0 Å². The lowest BCUT2D eigenvalue weighted by Gasteiger charge is -2.17. The van der Waals surface area contributed by atoms with Gasteiger partial charge in [-0.1, -0.05) is 0 Å². The van der Waals surface area contributed by atoms with Gasteiger partial charge in [-0.05, 0) is 12.8 Å². The third kappa shape index (κ3) is 10.6. The van der Waals surface area contributed by atoms with Crippen molar-refractivity contribution in [3.63, 3.8) is 0 Å². The Morgan fingerprint density at radius 3 is 2.06 bits per heavy atom. The predicted octanol–water partition coefficient (Wildman–Crippen LogP) is 1.61. The first-order chi connectivity index (χ1) is 8.63. The minimum absolute atomic E-state index is 0.119. The smallest absolute Gasteiger partial charge is 0.0908 e. The van der Waals surface area contributed by atoms with Crippen molar-refractivity contribution in [2.24, 2.45) is 0 Å². The first-order valence-corrected chi connectivity index (χ1v) is 7.47. The molecule has 0 aromatic carbocycles. The predicted molar refractivity (Wildman–Crippen MR) is 74.0 cm³/mol. The molecule has 0 fully saturated rings. The van der Waals surface area contributed by atoms with E-state index in [2.05, 4.69) is 0 Å². The van der Waals surface area contributed by atoms with Crippen LogP contribution >= 0.6 is 34.8 Å². The molecule has 3 unspecified atom stereocenters. The van der Waals surface area contributed by atoms with Crippen molar-refractivity contribution in [2.45, 2.75) is 31.2 Å². The number of alkyl halides is 3. The average molecular weight is 324 g/mol. The summed E-state index contributed by atoms with van der Waals surface area (Å²) in [5, 5.41) is 18.4. The molecule has 0 aromatic rings. The Hall–Kier alpha value is 0.710. The van der Waals surface area contributed by atoms with Gasteiger partial charge in [0.15, 0.2) is 0 Å². The van der Waals surface area contributed by atoms with Crippen LogP contribution in [0, 0.1) is 0 Å². The van der Waals surface area contributed by atoms with E-state index in [9.17, 15) is 5.11 Å². The van der Waals surface area contributed by atoms with Crippen LogP contribution in [0.1, 0.15) is 12.8 Å². The number of rotatable bonds is 12. The van der Waals surface area contributed by atoms with Crippen molar-refractivity contribution in [3.8, 4) is 0 Å². The maximum Gasteiger partial charge on any atom is 0.0908 e. The fourth-order valence-corrected chi connectivity index (χ4v) is 1.68. The standard InChI is InChI=1S/C11H21Cl3O4/c12-5-9(15)1-2-11(7-14)18-4-3-17-8-10(16)6-13/h9-11,15-16H,1-8H2. The normalized spacial score (nSPS) is 16.5. The van der Waals surface area contributed by atoms with Gasteiger partial charge < -0.3 is 19.7 Å². The van der Waals surface area contributed by atoms with E-state index in [0.29, 0.717) is 31.9 Å². The summed E-state index contributed by atoms with van der Waals surface area (Å²) >= 11 is 16.6. The Balaban J connectivity index is 3.49. The summed E-state index contributed by atoms with van der Waals surface area (Å²) in [6.45, 7) is 0.964. The molecule has 0 aromatic heterocycles. The molecule has 0 amide bonds. The van der Waals surface area contributed by atoms with E-state index in [-0.39, 0.29) is 24.5 Å². The molecule has 0 spiro atoms. The van der Waals surface area contributed by atoms with Crippen molar-refractivity contribution in [2.75, 3.05) is 37.5 Å². The SMILES string of the molecule is OC(CCl)CCC(CCl)OCCOCC(O)CCl. The highest BCUT2D eigenvalue weighted by molar-refractivity contribution is 6.18. The topological polar surface area (TPSA) is 58.9 Å². The van der Waals surface area contributed by atoms with Crippen LogP contribution in [-0.2, 0) is 9.47 Å². The highest BCUT2D eigenvalue weighted by Gasteiger charge is 2.11. The van der Waals surface area contributed by atoms with Crippen LogP contribution in [0.4, 0.5) is 0 Å². The summed E-state index contributed by atoms with van der Waals surface area (Å²) < 4.78 is 10.6. The maximum absolute atomic E-state index is 9.30. The van der Waals surface area contributed by atoms with Gasteiger partial charge in [0.25, 0.3) is 0 Å². The van der Waals surface area contributed by atoms with Crippen molar-refractivity contribution in [1.29, 1.82) is 0 Å². The number of hydrogen-bond donors (Lipinski definition) is 2. The molecule has 7 heteroatoms. The zero-order valence-corrected chi connectivity index (χ0v) is 12.5. The highest BCUT2D eigenvalue weighted by atomic mass is 35.5. The molecule has 0 aliphatic carbocycles. The van der Waals surface area contributed by atoms with E-state index in [1.54, 1.807) is 0 Å². The second kappa shape index (κ2) is 12.7.